The highest BCUT2D eigenvalue weighted by Gasteiger charge is 2.23. The Morgan fingerprint density at radius 3 is 0.625 bits per heavy atom. The summed E-state index contributed by atoms with van der Waals surface area (Å²) in [4.78, 5) is 0. The summed E-state index contributed by atoms with van der Waals surface area (Å²) in [6, 6.07) is 0. The van der Waals surface area contributed by atoms with E-state index in [4.69, 9.17) is 0 Å². The molecule has 282 valence electrons. The van der Waals surface area contributed by atoms with Crippen LogP contribution in [0.1, 0.15) is 232 Å². The van der Waals surface area contributed by atoms with Gasteiger partial charge in [0.15, 0.2) is 0 Å². The molecule has 0 spiro atoms. The zero-order valence-electron chi connectivity index (χ0n) is 34.0. The van der Waals surface area contributed by atoms with E-state index in [1.54, 1.807) is 0 Å². The molecule has 0 heterocycles. The van der Waals surface area contributed by atoms with E-state index in [9.17, 15) is 10.2 Å². The fraction of sp³-hybridized carbons (Fsp3) is 0.870. The van der Waals surface area contributed by atoms with Gasteiger partial charge in [0, 0.05) is 22.3 Å². The van der Waals surface area contributed by atoms with Gasteiger partial charge in [-0.05, 0) is 75.0 Å². The van der Waals surface area contributed by atoms with Crippen molar-refractivity contribution in [2.75, 3.05) is 0 Å². The largest absolute Gasteiger partial charge is 0.507 e. The van der Waals surface area contributed by atoms with Crippen LogP contribution >= 0.6 is 0 Å². The predicted molar refractivity (Wildman–Crippen MR) is 215 cm³/mol. The molecule has 0 unspecified atom stereocenters. The van der Waals surface area contributed by atoms with E-state index in [-0.39, 0.29) is 0 Å². The van der Waals surface area contributed by atoms with E-state index in [1.807, 2.05) is 0 Å². The monoisotopic (exact) mass is 671 g/mol. The molecule has 0 saturated heterocycles. The molecule has 0 atom stereocenters. The molecule has 0 aliphatic heterocycles. The second-order valence-electron chi connectivity index (χ2n) is 17.4. The van der Waals surface area contributed by atoms with Crippen molar-refractivity contribution in [3.8, 4) is 11.5 Å². The molecule has 0 fully saturated rings. The Morgan fingerprint density at radius 2 is 0.438 bits per heavy atom. The van der Waals surface area contributed by atoms with Crippen molar-refractivity contribution in [1.82, 2.24) is 0 Å². The maximum absolute atomic E-state index is 12.0. The number of benzene rings is 1. The van der Waals surface area contributed by atoms with Gasteiger partial charge in [-0.25, -0.2) is 0 Å². The lowest BCUT2D eigenvalue weighted by Gasteiger charge is -2.22. The third kappa shape index (κ3) is 21.8. The molecule has 48 heavy (non-hydrogen) atoms. The molecule has 2 nitrogen and oxygen atoms in total. The first kappa shape index (κ1) is 44.8. The molecule has 0 amide bonds. The number of unbranched alkanes of at least 4 members (excludes halogenated alkanes) is 16. The van der Waals surface area contributed by atoms with E-state index in [0.29, 0.717) is 11.5 Å². The minimum Gasteiger partial charge on any atom is -0.507 e. The molecule has 1 rings (SSSR count). The van der Waals surface area contributed by atoms with Crippen LogP contribution in [0.25, 0.3) is 0 Å². The number of rotatable bonds is 32. The van der Waals surface area contributed by atoms with Crippen molar-refractivity contribution < 1.29 is 10.2 Å². The van der Waals surface area contributed by atoms with Gasteiger partial charge in [0.2, 0.25) is 0 Å². The van der Waals surface area contributed by atoms with Crippen LogP contribution in [0.2, 0.25) is 0 Å². The smallest absolute Gasteiger partial charge is 0.122 e. The van der Waals surface area contributed by atoms with Crippen LogP contribution in [-0.4, -0.2) is 10.2 Å². The first-order valence-electron chi connectivity index (χ1n) is 21.6. The third-order valence-electron chi connectivity index (χ3n) is 10.7. The van der Waals surface area contributed by atoms with E-state index < -0.39 is 0 Å². The number of phenolic OH excluding ortho intramolecular Hbond substituents is 2. The number of hydrogen-bond donors (Lipinski definition) is 2. The summed E-state index contributed by atoms with van der Waals surface area (Å²) in [6.45, 7) is 18.6. The fourth-order valence-corrected chi connectivity index (χ4v) is 7.55. The van der Waals surface area contributed by atoms with Crippen LogP contribution in [0.3, 0.4) is 0 Å². The van der Waals surface area contributed by atoms with Crippen molar-refractivity contribution in [2.24, 2.45) is 23.7 Å². The Labute approximate surface area is 302 Å². The van der Waals surface area contributed by atoms with E-state index in [0.717, 1.165) is 97.3 Å². The Hall–Kier alpha value is -1.18. The molecule has 0 aliphatic rings. The summed E-state index contributed by atoms with van der Waals surface area (Å²) >= 11 is 0. The topological polar surface area (TPSA) is 40.5 Å². The van der Waals surface area contributed by atoms with Crippen molar-refractivity contribution in [3.63, 3.8) is 0 Å². The summed E-state index contributed by atoms with van der Waals surface area (Å²) in [5.41, 5.74) is 4.38. The lowest BCUT2D eigenvalue weighted by Crippen LogP contribution is -2.06. The van der Waals surface area contributed by atoms with Crippen molar-refractivity contribution in [3.05, 3.63) is 22.3 Å². The maximum Gasteiger partial charge on any atom is 0.122 e. The zero-order chi connectivity index (χ0) is 35.6. The Morgan fingerprint density at radius 1 is 0.271 bits per heavy atom. The van der Waals surface area contributed by atoms with Crippen molar-refractivity contribution in [2.45, 2.75) is 235 Å². The quantitative estimate of drug-likeness (QED) is 0.0591. The van der Waals surface area contributed by atoms with Crippen molar-refractivity contribution >= 4 is 0 Å². The Bertz CT molecular complexity index is 754. The molecule has 0 saturated carbocycles. The third-order valence-corrected chi connectivity index (χ3v) is 10.7. The average Bonchev–Trinajstić information content (AvgIpc) is 3.02. The summed E-state index contributed by atoms with van der Waals surface area (Å²) in [6.07, 6.45) is 34.0. The summed E-state index contributed by atoms with van der Waals surface area (Å²) in [5.74, 6) is 4.31. The Kier molecular flexibility index (Phi) is 26.6. The van der Waals surface area contributed by atoms with Gasteiger partial charge in [-0.15, -0.1) is 0 Å². The highest BCUT2D eigenvalue weighted by Crippen LogP contribution is 2.41. The van der Waals surface area contributed by atoms with Crippen LogP contribution in [0.15, 0.2) is 0 Å². The molecule has 2 heteroatoms. The second-order valence-corrected chi connectivity index (χ2v) is 17.4. The summed E-state index contributed by atoms with van der Waals surface area (Å²) in [7, 11) is 0. The van der Waals surface area contributed by atoms with Gasteiger partial charge in [-0.3, -0.25) is 0 Å². The second kappa shape index (κ2) is 28.5. The molecule has 1 aromatic carbocycles. The zero-order valence-corrected chi connectivity index (χ0v) is 34.0. The van der Waals surface area contributed by atoms with Crippen LogP contribution in [0.5, 0.6) is 11.5 Å². The molecular formula is C46H86O2. The minimum atomic E-state index is 0.561. The summed E-state index contributed by atoms with van der Waals surface area (Å²) in [5, 5.41) is 24.0. The van der Waals surface area contributed by atoms with Crippen molar-refractivity contribution in [1.29, 1.82) is 0 Å². The average molecular weight is 671 g/mol. The van der Waals surface area contributed by atoms with Gasteiger partial charge in [0.05, 0.1) is 0 Å². The minimum absolute atomic E-state index is 0.561. The highest BCUT2D eigenvalue weighted by atomic mass is 16.3. The molecular weight excluding hydrogens is 585 g/mol. The Balaban J connectivity index is 3.07. The maximum atomic E-state index is 12.0. The van der Waals surface area contributed by atoms with Gasteiger partial charge in [0.1, 0.15) is 11.5 Å². The van der Waals surface area contributed by atoms with Crippen LogP contribution in [0.4, 0.5) is 0 Å². The molecule has 0 bridgehead atoms. The molecule has 0 aromatic heterocycles. The standard InChI is InChI=1S/C46H86O2/c1-37(2)29-21-13-9-17-25-33-41-42(34-26-18-10-14-22-30-38(3)4)46(48)44(36-28-20-12-16-24-32-40(7)8)43(45(41)47)35-27-19-11-15-23-31-39(5)6/h37-40,47-48H,9-36H2,1-8H3. The van der Waals surface area contributed by atoms with Gasteiger partial charge < -0.3 is 10.2 Å². The van der Waals surface area contributed by atoms with Gasteiger partial charge in [-0.2, -0.15) is 0 Å². The SMILES string of the molecule is CC(C)CCCCCCCc1c(O)c(CCCCCCCC(C)C)c(CCCCCCCC(C)C)c(O)c1CCCCCCCC(C)C. The highest BCUT2D eigenvalue weighted by molar-refractivity contribution is 5.58. The van der Waals surface area contributed by atoms with Crippen LogP contribution in [-0.2, 0) is 25.7 Å². The first-order valence-corrected chi connectivity index (χ1v) is 21.6. The molecule has 0 radical (unpaired) electrons. The van der Waals surface area contributed by atoms with Crippen LogP contribution < -0.4 is 0 Å². The first-order chi connectivity index (χ1) is 23.0. The number of hydrogen-bond acceptors (Lipinski definition) is 2. The van der Waals surface area contributed by atoms with Gasteiger partial charge in [0.25, 0.3) is 0 Å². The van der Waals surface area contributed by atoms with E-state index in [1.165, 1.54) is 128 Å². The number of phenols is 2. The normalized spacial score (nSPS) is 12.1. The summed E-state index contributed by atoms with van der Waals surface area (Å²) < 4.78 is 0. The van der Waals surface area contributed by atoms with E-state index >= 15 is 0 Å². The fourth-order valence-electron chi connectivity index (χ4n) is 7.55. The lowest BCUT2D eigenvalue weighted by molar-refractivity contribution is 0.428. The molecule has 0 aliphatic carbocycles. The lowest BCUT2D eigenvalue weighted by atomic mass is 9.85. The number of aromatic hydroxyl groups is 2. The molecule has 2 N–H and O–H groups in total. The van der Waals surface area contributed by atoms with Gasteiger partial charge >= 0.3 is 0 Å². The van der Waals surface area contributed by atoms with E-state index in [2.05, 4.69) is 55.4 Å². The predicted octanol–water partition coefficient (Wildman–Crippen LogP) is 15.3. The van der Waals surface area contributed by atoms with Crippen LogP contribution in [0, 0.1) is 23.7 Å². The van der Waals surface area contributed by atoms with Gasteiger partial charge in [-0.1, -0.05) is 184 Å². The molecule has 1 aromatic rings.